The Morgan fingerprint density at radius 1 is 0.931 bits per heavy atom. The standard InChI is InChI=1S/C23H20N2O4/c1-28-20-9-5-3-7-18(20)25-22(26)15-10-12-17(13-11-15)24-23(27)21-14-16-6-2-4-8-19(16)29-21/h2-13,21H,14H2,1H3,(H,24,27)(H,25,26)/t21-/m0/s1. The number of carbonyl (C=O) groups excluding carboxylic acids is 2. The molecular weight excluding hydrogens is 368 g/mol. The van der Waals surface area contributed by atoms with E-state index in [9.17, 15) is 9.59 Å². The quantitative estimate of drug-likeness (QED) is 0.695. The first-order chi connectivity index (χ1) is 14.1. The van der Waals surface area contributed by atoms with Crippen molar-refractivity contribution in [3.63, 3.8) is 0 Å². The number of para-hydroxylation sites is 3. The van der Waals surface area contributed by atoms with Crippen molar-refractivity contribution < 1.29 is 19.1 Å². The number of amides is 2. The molecule has 29 heavy (non-hydrogen) atoms. The molecule has 0 saturated heterocycles. The maximum atomic E-state index is 12.5. The fourth-order valence-corrected chi connectivity index (χ4v) is 3.20. The van der Waals surface area contributed by atoms with E-state index < -0.39 is 6.10 Å². The summed E-state index contributed by atoms with van der Waals surface area (Å²) in [6, 6.07) is 21.5. The molecule has 1 aliphatic heterocycles. The molecule has 1 heterocycles. The van der Waals surface area contributed by atoms with Crippen molar-refractivity contribution in [2.45, 2.75) is 12.5 Å². The molecule has 2 amide bonds. The zero-order valence-electron chi connectivity index (χ0n) is 15.8. The zero-order chi connectivity index (χ0) is 20.2. The van der Waals surface area contributed by atoms with Gasteiger partial charge >= 0.3 is 0 Å². The lowest BCUT2D eigenvalue weighted by Crippen LogP contribution is -2.31. The normalized spacial score (nSPS) is 14.4. The van der Waals surface area contributed by atoms with E-state index in [4.69, 9.17) is 9.47 Å². The molecule has 0 radical (unpaired) electrons. The Balaban J connectivity index is 1.38. The van der Waals surface area contributed by atoms with Gasteiger partial charge in [0.25, 0.3) is 11.8 Å². The van der Waals surface area contributed by atoms with Crippen molar-refractivity contribution >= 4 is 23.2 Å². The van der Waals surface area contributed by atoms with Gasteiger partial charge in [-0.15, -0.1) is 0 Å². The van der Waals surface area contributed by atoms with Crippen molar-refractivity contribution in [2.75, 3.05) is 17.7 Å². The fourth-order valence-electron chi connectivity index (χ4n) is 3.20. The number of ether oxygens (including phenoxy) is 2. The highest BCUT2D eigenvalue weighted by Crippen LogP contribution is 2.29. The van der Waals surface area contributed by atoms with Crippen molar-refractivity contribution in [1.82, 2.24) is 0 Å². The highest BCUT2D eigenvalue weighted by molar-refractivity contribution is 6.05. The van der Waals surface area contributed by atoms with E-state index in [1.165, 1.54) is 0 Å². The average Bonchev–Trinajstić information content (AvgIpc) is 3.19. The number of nitrogens with one attached hydrogen (secondary N) is 2. The maximum Gasteiger partial charge on any atom is 0.265 e. The van der Waals surface area contributed by atoms with Crippen LogP contribution in [0.1, 0.15) is 15.9 Å². The van der Waals surface area contributed by atoms with Gasteiger partial charge in [-0.2, -0.15) is 0 Å². The number of hydrogen-bond donors (Lipinski definition) is 2. The van der Waals surface area contributed by atoms with Crippen molar-refractivity contribution in [3.8, 4) is 11.5 Å². The summed E-state index contributed by atoms with van der Waals surface area (Å²) in [4.78, 5) is 25.0. The number of hydrogen-bond acceptors (Lipinski definition) is 4. The van der Waals surface area contributed by atoms with Crippen LogP contribution in [0, 0.1) is 0 Å². The highest BCUT2D eigenvalue weighted by atomic mass is 16.5. The van der Waals surface area contributed by atoms with E-state index in [-0.39, 0.29) is 11.8 Å². The van der Waals surface area contributed by atoms with E-state index in [0.717, 1.165) is 11.3 Å². The third kappa shape index (κ3) is 4.06. The molecule has 0 unspecified atom stereocenters. The predicted molar refractivity (Wildman–Crippen MR) is 111 cm³/mol. The van der Waals surface area contributed by atoms with E-state index in [1.807, 2.05) is 36.4 Å². The second-order valence-electron chi connectivity index (χ2n) is 6.64. The second-order valence-corrected chi connectivity index (χ2v) is 6.64. The van der Waals surface area contributed by atoms with Gasteiger partial charge in [-0.1, -0.05) is 30.3 Å². The van der Waals surface area contributed by atoms with Gasteiger partial charge in [0.05, 0.1) is 12.8 Å². The number of fused-ring (bicyclic) bond motifs is 1. The van der Waals surface area contributed by atoms with Crippen LogP contribution in [0.4, 0.5) is 11.4 Å². The summed E-state index contributed by atoms with van der Waals surface area (Å²) < 4.78 is 10.9. The molecule has 3 aromatic carbocycles. The number of rotatable bonds is 5. The Bertz CT molecular complexity index is 1020. The van der Waals surface area contributed by atoms with Crippen LogP contribution in [0.15, 0.2) is 72.8 Å². The predicted octanol–water partition coefficient (Wildman–Crippen LogP) is 3.89. The van der Waals surface area contributed by atoms with Gasteiger partial charge < -0.3 is 20.1 Å². The van der Waals surface area contributed by atoms with Crippen molar-refractivity contribution in [3.05, 3.63) is 83.9 Å². The molecule has 1 aliphatic rings. The Kier molecular flexibility index (Phi) is 5.16. The van der Waals surface area contributed by atoms with Crippen LogP contribution >= 0.6 is 0 Å². The first-order valence-electron chi connectivity index (χ1n) is 9.24. The first-order valence-corrected chi connectivity index (χ1v) is 9.24. The molecule has 0 spiro atoms. The fraction of sp³-hybridized carbons (Fsp3) is 0.130. The van der Waals surface area contributed by atoms with Gasteiger partial charge in [-0.25, -0.2) is 0 Å². The van der Waals surface area contributed by atoms with Crippen LogP contribution in [-0.2, 0) is 11.2 Å². The number of carbonyl (C=O) groups is 2. The summed E-state index contributed by atoms with van der Waals surface area (Å²) in [5.41, 5.74) is 2.69. The summed E-state index contributed by atoms with van der Waals surface area (Å²) in [6.07, 6.45) is -0.0116. The molecule has 1 atom stereocenters. The molecule has 3 aromatic rings. The molecule has 0 fully saturated rings. The number of anilines is 2. The molecule has 2 N–H and O–H groups in total. The summed E-state index contributed by atoms with van der Waals surface area (Å²) >= 11 is 0. The third-order valence-corrected chi connectivity index (χ3v) is 4.71. The Labute approximate surface area is 168 Å². The molecule has 0 aromatic heterocycles. The lowest BCUT2D eigenvalue weighted by atomic mass is 10.1. The SMILES string of the molecule is COc1ccccc1NC(=O)c1ccc(NC(=O)[C@@H]2Cc3ccccc3O2)cc1. The molecule has 0 bridgehead atoms. The Hall–Kier alpha value is -3.80. The van der Waals surface area contributed by atoms with E-state index in [0.29, 0.717) is 29.1 Å². The van der Waals surface area contributed by atoms with E-state index >= 15 is 0 Å². The smallest absolute Gasteiger partial charge is 0.265 e. The topological polar surface area (TPSA) is 76.7 Å². The maximum absolute atomic E-state index is 12.5. The van der Waals surface area contributed by atoms with Crippen LogP contribution in [-0.4, -0.2) is 25.0 Å². The van der Waals surface area contributed by atoms with E-state index in [2.05, 4.69) is 10.6 Å². The van der Waals surface area contributed by atoms with Gasteiger partial charge in [0.2, 0.25) is 0 Å². The summed E-state index contributed by atoms with van der Waals surface area (Å²) in [7, 11) is 1.55. The minimum atomic E-state index is -0.555. The van der Waals surface area contributed by atoms with Crippen LogP contribution in [0.5, 0.6) is 11.5 Å². The first kappa shape index (κ1) is 18.6. The largest absolute Gasteiger partial charge is 0.495 e. The van der Waals surface area contributed by atoms with Crippen molar-refractivity contribution in [1.29, 1.82) is 0 Å². The lowest BCUT2D eigenvalue weighted by molar-refractivity contribution is -0.122. The second kappa shape index (κ2) is 8.06. The Morgan fingerprint density at radius 3 is 2.41 bits per heavy atom. The lowest BCUT2D eigenvalue weighted by Gasteiger charge is -2.12. The summed E-state index contributed by atoms with van der Waals surface area (Å²) in [5, 5.41) is 5.66. The molecule has 146 valence electrons. The average molecular weight is 388 g/mol. The third-order valence-electron chi connectivity index (χ3n) is 4.71. The van der Waals surface area contributed by atoms with Gasteiger partial charge in [0.15, 0.2) is 6.10 Å². The van der Waals surface area contributed by atoms with Gasteiger partial charge in [-0.3, -0.25) is 9.59 Å². The van der Waals surface area contributed by atoms with Crippen molar-refractivity contribution in [2.24, 2.45) is 0 Å². The minimum absolute atomic E-state index is 0.215. The molecule has 6 heteroatoms. The highest BCUT2D eigenvalue weighted by Gasteiger charge is 2.28. The summed E-state index contributed by atoms with van der Waals surface area (Å²) in [5.74, 6) is 0.854. The van der Waals surface area contributed by atoms with Crippen LogP contribution < -0.4 is 20.1 Å². The van der Waals surface area contributed by atoms with Crippen LogP contribution in [0.2, 0.25) is 0 Å². The number of benzene rings is 3. The van der Waals surface area contributed by atoms with Gasteiger partial charge in [0, 0.05) is 17.7 Å². The van der Waals surface area contributed by atoms with Gasteiger partial charge in [0.1, 0.15) is 11.5 Å². The van der Waals surface area contributed by atoms with Crippen LogP contribution in [0.3, 0.4) is 0 Å². The zero-order valence-corrected chi connectivity index (χ0v) is 15.8. The molecule has 0 aliphatic carbocycles. The number of methoxy groups -OCH3 is 1. The summed E-state index contributed by atoms with van der Waals surface area (Å²) in [6.45, 7) is 0. The molecular formula is C23H20N2O4. The molecule has 4 rings (SSSR count). The Morgan fingerprint density at radius 2 is 1.66 bits per heavy atom. The monoisotopic (exact) mass is 388 g/mol. The molecule has 0 saturated carbocycles. The van der Waals surface area contributed by atoms with E-state index in [1.54, 1.807) is 43.5 Å². The van der Waals surface area contributed by atoms with Gasteiger partial charge in [-0.05, 0) is 48.0 Å². The minimum Gasteiger partial charge on any atom is -0.495 e. The molecule has 6 nitrogen and oxygen atoms in total. The van der Waals surface area contributed by atoms with Crippen LogP contribution in [0.25, 0.3) is 0 Å².